The topological polar surface area (TPSA) is 63.1 Å². The van der Waals surface area contributed by atoms with Gasteiger partial charge in [0.25, 0.3) is 5.91 Å². The molecule has 2 heterocycles. The molecule has 0 unspecified atom stereocenters. The summed E-state index contributed by atoms with van der Waals surface area (Å²) >= 11 is 1.61. The fourth-order valence-electron chi connectivity index (χ4n) is 2.19. The van der Waals surface area contributed by atoms with Crippen LogP contribution in [0.3, 0.4) is 0 Å². The van der Waals surface area contributed by atoms with E-state index in [-0.39, 0.29) is 24.4 Å². The molecular formula is C14H19N3O2S. The molecule has 0 aliphatic carbocycles. The van der Waals surface area contributed by atoms with Crippen molar-refractivity contribution in [3.8, 4) is 0 Å². The van der Waals surface area contributed by atoms with Crippen LogP contribution in [0.4, 0.5) is 0 Å². The van der Waals surface area contributed by atoms with Crippen molar-refractivity contribution < 1.29 is 9.59 Å². The highest BCUT2D eigenvalue weighted by molar-refractivity contribution is 7.17. The Morgan fingerprint density at radius 1 is 1.35 bits per heavy atom. The Balaban J connectivity index is 2.19. The number of carbonyl (C=O) groups is 2. The number of hydrogen-bond donors (Lipinski definition) is 2. The molecule has 0 bridgehead atoms. The summed E-state index contributed by atoms with van der Waals surface area (Å²) in [5.74, 6) is -0.390. The number of thiophene rings is 1. The van der Waals surface area contributed by atoms with Crippen molar-refractivity contribution >= 4 is 33.4 Å². The molecule has 0 aromatic carbocycles. The van der Waals surface area contributed by atoms with Crippen molar-refractivity contribution in [3.05, 3.63) is 23.2 Å². The lowest BCUT2D eigenvalue weighted by Crippen LogP contribution is -2.37. The number of likely N-dealkylation sites (N-methyl/N-ethyl adjacent to an activating group) is 1. The largest absolute Gasteiger partial charge is 0.355 e. The number of rotatable bonds is 5. The van der Waals surface area contributed by atoms with E-state index >= 15 is 0 Å². The summed E-state index contributed by atoms with van der Waals surface area (Å²) in [7, 11) is 0. The zero-order valence-corrected chi connectivity index (χ0v) is 12.7. The first-order valence-corrected chi connectivity index (χ1v) is 7.55. The van der Waals surface area contributed by atoms with Gasteiger partial charge in [-0.15, -0.1) is 11.3 Å². The molecule has 6 heteroatoms. The molecule has 2 rings (SSSR count). The van der Waals surface area contributed by atoms with E-state index in [1.165, 1.54) is 0 Å². The molecule has 0 saturated heterocycles. The summed E-state index contributed by atoms with van der Waals surface area (Å²) in [5.41, 5.74) is 1.67. The van der Waals surface area contributed by atoms with E-state index in [4.69, 9.17) is 0 Å². The van der Waals surface area contributed by atoms with Crippen molar-refractivity contribution in [2.45, 2.75) is 26.8 Å². The minimum absolute atomic E-state index is 0.00357. The minimum Gasteiger partial charge on any atom is -0.355 e. The molecule has 0 atom stereocenters. The number of amides is 2. The monoisotopic (exact) mass is 293 g/mol. The second kappa shape index (κ2) is 6.09. The highest BCUT2D eigenvalue weighted by Crippen LogP contribution is 2.28. The molecule has 0 aliphatic heterocycles. The van der Waals surface area contributed by atoms with Crippen LogP contribution < -0.4 is 10.6 Å². The first-order chi connectivity index (χ1) is 9.54. The number of nitrogens with one attached hydrogen (secondary N) is 2. The van der Waals surface area contributed by atoms with Gasteiger partial charge in [0, 0.05) is 12.6 Å². The maximum Gasteiger partial charge on any atom is 0.268 e. The second-order valence-corrected chi connectivity index (χ2v) is 5.75. The zero-order chi connectivity index (χ0) is 14.7. The van der Waals surface area contributed by atoms with E-state index in [2.05, 4.69) is 10.6 Å². The molecule has 0 radical (unpaired) electrons. The quantitative estimate of drug-likeness (QED) is 0.887. The molecule has 2 amide bonds. The third-order valence-electron chi connectivity index (χ3n) is 2.99. The Hall–Kier alpha value is -1.82. The van der Waals surface area contributed by atoms with E-state index in [9.17, 15) is 9.59 Å². The third kappa shape index (κ3) is 2.85. The van der Waals surface area contributed by atoms with Gasteiger partial charge in [0.2, 0.25) is 5.91 Å². The van der Waals surface area contributed by atoms with Gasteiger partial charge in [-0.2, -0.15) is 0 Å². The minimum atomic E-state index is -0.214. The molecular weight excluding hydrogens is 274 g/mol. The molecule has 5 nitrogen and oxygen atoms in total. The third-order valence-corrected chi connectivity index (χ3v) is 3.85. The Morgan fingerprint density at radius 2 is 2.10 bits per heavy atom. The lowest BCUT2D eigenvalue weighted by Gasteiger charge is -2.13. The predicted octanol–water partition coefficient (Wildman–Crippen LogP) is 2.15. The molecule has 20 heavy (non-hydrogen) atoms. The van der Waals surface area contributed by atoms with Crippen LogP contribution >= 0.6 is 11.3 Å². The zero-order valence-electron chi connectivity index (χ0n) is 11.9. The highest BCUT2D eigenvalue weighted by atomic mass is 32.1. The average molecular weight is 293 g/mol. The predicted molar refractivity (Wildman–Crippen MR) is 81.2 cm³/mol. The van der Waals surface area contributed by atoms with Crippen LogP contribution in [-0.4, -0.2) is 29.5 Å². The lowest BCUT2D eigenvalue weighted by molar-refractivity contribution is -0.120. The van der Waals surface area contributed by atoms with Crippen molar-refractivity contribution in [1.82, 2.24) is 15.2 Å². The van der Waals surface area contributed by atoms with E-state index in [1.807, 2.05) is 42.9 Å². The summed E-state index contributed by atoms with van der Waals surface area (Å²) in [5, 5.41) is 7.33. The van der Waals surface area contributed by atoms with Gasteiger partial charge in [0.05, 0.1) is 16.8 Å². The van der Waals surface area contributed by atoms with Crippen LogP contribution in [0.1, 0.15) is 37.3 Å². The van der Waals surface area contributed by atoms with Crippen molar-refractivity contribution in [2.75, 3.05) is 13.1 Å². The Bertz CT molecular complexity index is 627. The first kappa shape index (κ1) is 14.6. The molecule has 0 saturated carbocycles. The summed E-state index contributed by atoms with van der Waals surface area (Å²) < 4.78 is 3.08. The number of fused-ring (bicyclic) bond motifs is 1. The summed E-state index contributed by atoms with van der Waals surface area (Å²) in [6, 6.07) is 4.08. The van der Waals surface area contributed by atoms with Crippen LogP contribution in [0, 0.1) is 0 Å². The molecule has 0 fully saturated rings. The number of hydrogen-bond acceptors (Lipinski definition) is 3. The smallest absolute Gasteiger partial charge is 0.268 e. The molecule has 2 aromatic rings. The van der Waals surface area contributed by atoms with Crippen LogP contribution in [0.15, 0.2) is 17.5 Å². The summed E-state index contributed by atoms with van der Waals surface area (Å²) in [6.07, 6.45) is 0. The van der Waals surface area contributed by atoms with Gasteiger partial charge >= 0.3 is 0 Å². The van der Waals surface area contributed by atoms with E-state index in [0.717, 1.165) is 10.2 Å². The number of nitrogens with zero attached hydrogens (tertiary/aromatic N) is 1. The number of aromatic nitrogens is 1. The van der Waals surface area contributed by atoms with Crippen molar-refractivity contribution in [1.29, 1.82) is 0 Å². The van der Waals surface area contributed by atoms with Crippen LogP contribution in [0.25, 0.3) is 10.2 Å². The molecule has 0 aliphatic rings. The Morgan fingerprint density at radius 3 is 2.75 bits per heavy atom. The van der Waals surface area contributed by atoms with Crippen LogP contribution in [-0.2, 0) is 4.79 Å². The average Bonchev–Trinajstić information content (AvgIpc) is 2.95. The van der Waals surface area contributed by atoms with E-state index in [1.54, 1.807) is 11.3 Å². The van der Waals surface area contributed by atoms with Gasteiger partial charge in [0.15, 0.2) is 0 Å². The standard InChI is InChI=1S/C14H19N3O2S/c1-4-15-13(18)8-16-14(19)11-7-12-10(5-6-20-12)17(11)9(2)3/h5-7,9H,4,8H2,1-3H3,(H,15,18)(H,16,19). The molecule has 0 spiro atoms. The second-order valence-electron chi connectivity index (χ2n) is 4.80. The molecule has 2 N–H and O–H groups in total. The van der Waals surface area contributed by atoms with Crippen LogP contribution in [0.5, 0.6) is 0 Å². The summed E-state index contributed by atoms with van der Waals surface area (Å²) in [6.45, 7) is 6.49. The van der Waals surface area contributed by atoms with E-state index < -0.39 is 0 Å². The van der Waals surface area contributed by atoms with Gasteiger partial charge in [0.1, 0.15) is 5.69 Å². The van der Waals surface area contributed by atoms with Gasteiger partial charge in [-0.1, -0.05) is 0 Å². The highest BCUT2D eigenvalue weighted by Gasteiger charge is 2.18. The SMILES string of the molecule is CCNC(=O)CNC(=O)c1cc2sccc2n1C(C)C. The maximum absolute atomic E-state index is 12.2. The van der Waals surface area contributed by atoms with E-state index in [0.29, 0.717) is 12.2 Å². The molecule has 108 valence electrons. The number of carbonyl (C=O) groups excluding carboxylic acids is 2. The lowest BCUT2D eigenvalue weighted by atomic mass is 10.3. The van der Waals surface area contributed by atoms with Crippen molar-refractivity contribution in [2.24, 2.45) is 0 Å². The molecule has 2 aromatic heterocycles. The van der Waals surface area contributed by atoms with Gasteiger partial charge < -0.3 is 15.2 Å². The summed E-state index contributed by atoms with van der Waals surface area (Å²) in [4.78, 5) is 23.6. The van der Waals surface area contributed by atoms with Crippen molar-refractivity contribution in [3.63, 3.8) is 0 Å². The van der Waals surface area contributed by atoms with Gasteiger partial charge in [-0.3, -0.25) is 9.59 Å². The van der Waals surface area contributed by atoms with Gasteiger partial charge in [-0.05, 0) is 38.3 Å². The maximum atomic E-state index is 12.2. The Labute approximate surface area is 122 Å². The van der Waals surface area contributed by atoms with Gasteiger partial charge in [-0.25, -0.2) is 0 Å². The fourth-order valence-corrected chi connectivity index (χ4v) is 3.00. The normalized spacial score (nSPS) is 11.0. The fraction of sp³-hybridized carbons (Fsp3) is 0.429. The first-order valence-electron chi connectivity index (χ1n) is 6.68. The Kier molecular flexibility index (Phi) is 4.44. The van der Waals surface area contributed by atoms with Crippen LogP contribution in [0.2, 0.25) is 0 Å².